The van der Waals surface area contributed by atoms with E-state index in [4.69, 9.17) is 0 Å². The van der Waals surface area contributed by atoms with Crippen LogP contribution in [-0.4, -0.2) is 41.7 Å². The number of fused-ring (bicyclic) bond motifs is 1. The van der Waals surface area contributed by atoms with Crippen molar-refractivity contribution in [1.82, 2.24) is 5.32 Å². The normalized spacial score (nSPS) is 13.0. The quantitative estimate of drug-likeness (QED) is 0.209. The Labute approximate surface area is 234 Å². The Morgan fingerprint density at radius 2 is 1.62 bits per heavy atom. The SMILES string of the molecule is CCCCCCCCCCN1CCc2c(C)c(C(=O)O)c(C)c(CC(C)(C)CNC(=O)c3ccccc3O)c21. The molecule has 3 rings (SSSR count). The molecule has 1 aliphatic rings. The van der Waals surface area contributed by atoms with Gasteiger partial charge in [-0.05, 0) is 72.9 Å². The van der Waals surface area contributed by atoms with Gasteiger partial charge in [0.05, 0.1) is 11.1 Å². The number of para-hydroxylation sites is 1. The number of carbonyl (C=O) groups is 2. The molecule has 39 heavy (non-hydrogen) atoms. The topological polar surface area (TPSA) is 89.9 Å². The Morgan fingerprint density at radius 1 is 0.974 bits per heavy atom. The Hall–Kier alpha value is -3.02. The van der Waals surface area contributed by atoms with Gasteiger partial charge < -0.3 is 20.4 Å². The maximum Gasteiger partial charge on any atom is 0.336 e. The molecule has 6 heteroatoms. The molecule has 0 spiro atoms. The fourth-order valence-electron chi connectivity index (χ4n) is 5.99. The number of anilines is 1. The molecule has 0 saturated carbocycles. The van der Waals surface area contributed by atoms with Crippen LogP contribution >= 0.6 is 0 Å². The second-order valence-corrected chi connectivity index (χ2v) is 12.0. The number of aromatic carboxylic acids is 1. The maximum absolute atomic E-state index is 12.7. The number of rotatable bonds is 15. The van der Waals surface area contributed by atoms with Gasteiger partial charge >= 0.3 is 5.97 Å². The van der Waals surface area contributed by atoms with Gasteiger partial charge in [0.1, 0.15) is 5.75 Å². The number of nitrogens with one attached hydrogen (secondary N) is 1. The second kappa shape index (κ2) is 13.9. The van der Waals surface area contributed by atoms with Gasteiger partial charge in [-0.1, -0.05) is 77.8 Å². The zero-order valence-corrected chi connectivity index (χ0v) is 24.7. The summed E-state index contributed by atoms with van der Waals surface area (Å²) in [6.45, 7) is 12.7. The van der Waals surface area contributed by atoms with Crippen molar-refractivity contribution in [2.24, 2.45) is 5.41 Å². The zero-order valence-electron chi connectivity index (χ0n) is 24.7. The number of hydrogen-bond acceptors (Lipinski definition) is 4. The molecule has 0 fully saturated rings. The fraction of sp³-hybridized carbons (Fsp3) is 0.576. The van der Waals surface area contributed by atoms with E-state index in [2.05, 4.69) is 31.0 Å². The fourth-order valence-corrected chi connectivity index (χ4v) is 5.99. The summed E-state index contributed by atoms with van der Waals surface area (Å²) >= 11 is 0. The van der Waals surface area contributed by atoms with Crippen LogP contribution in [0.25, 0.3) is 0 Å². The van der Waals surface area contributed by atoms with Crippen LogP contribution in [0.3, 0.4) is 0 Å². The van der Waals surface area contributed by atoms with Gasteiger partial charge in [-0.25, -0.2) is 4.79 Å². The number of carboxylic acids is 1. The standard InChI is InChI=1S/C33H48N2O4/c1-6-7-8-9-10-11-12-15-19-35-20-18-25-23(2)29(32(38)39)24(3)27(30(25)35)21-33(4,5)22-34-31(37)26-16-13-14-17-28(26)36/h13-14,16-17,36H,6-12,15,18-22H2,1-5H3,(H,34,37)(H,38,39). The molecule has 2 aromatic rings. The van der Waals surface area contributed by atoms with Crippen molar-refractivity contribution in [3.63, 3.8) is 0 Å². The molecule has 0 saturated heterocycles. The second-order valence-electron chi connectivity index (χ2n) is 12.0. The molecule has 0 unspecified atom stereocenters. The molecular weight excluding hydrogens is 488 g/mol. The highest BCUT2D eigenvalue weighted by Crippen LogP contribution is 2.41. The first-order chi connectivity index (χ1) is 18.6. The van der Waals surface area contributed by atoms with Crippen molar-refractivity contribution in [3.05, 3.63) is 57.6 Å². The predicted octanol–water partition coefficient (Wildman–Crippen LogP) is 7.21. The molecule has 1 aliphatic heterocycles. The smallest absolute Gasteiger partial charge is 0.336 e. The minimum absolute atomic E-state index is 0.0392. The number of aromatic hydroxyl groups is 1. The number of amides is 1. The summed E-state index contributed by atoms with van der Waals surface area (Å²) in [6, 6.07) is 6.54. The Morgan fingerprint density at radius 3 is 2.26 bits per heavy atom. The van der Waals surface area contributed by atoms with Crippen molar-refractivity contribution < 1.29 is 19.8 Å². The number of phenols is 1. The van der Waals surface area contributed by atoms with Gasteiger partial charge in [-0.3, -0.25) is 4.79 Å². The lowest BCUT2D eigenvalue weighted by Gasteiger charge is -2.31. The number of nitrogens with zero attached hydrogens (tertiary/aromatic N) is 1. The summed E-state index contributed by atoms with van der Waals surface area (Å²) in [4.78, 5) is 27.5. The van der Waals surface area contributed by atoms with E-state index in [1.54, 1.807) is 18.2 Å². The molecule has 2 aromatic carbocycles. The monoisotopic (exact) mass is 536 g/mol. The third-order valence-corrected chi connectivity index (χ3v) is 8.20. The largest absolute Gasteiger partial charge is 0.507 e. The average Bonchev–Trinajstić information content (AvgIpc) is 3.31. The molecule has 3 N–H and O–H groups in total. The predicted molar refractivity (Wildman–Crippen MR) is 159 cm³/mol. The molecule has 0 bridgehead atoms. The van der Waals surface area contributed by atoms with Gasteiger partial charge in [0, 0.05) is 25.3 Å². The van der Waals surface area contributed by atoms with Crippen LogP contribution in [0.2, 0.25) is 0 Å². The average molecular weight is 537 g/mol. The number of carbonyl (C=O) groups excluding carboxylic acids is 1. The number of benzene rings is 2. The number of phenolic OH excluding ortho intramolecular Hbond substituents is 1. The highest BCUT2D eigenvalue weighted by molar-refractivity contribution is 5.97. The van der Waals surface area contributed by atoms with Crippen LogP contribution in [-0.2, 0) is 12.8 Å². The zero-order chi connectivity index (χ0) is 28.6. The molecule has 214 valence electrons. The molecule has 6 nitrogen and oxygen atoms in total. The summed E-state index contributed by atoms with van der Waals surface area (Å²) in [6.07, 6.45) is 11.8. The highest BCUT2D eigenvalue weighted by atomic mass is 16.4. The third kappa shape index (κ3) is 7.77. The molecule has 0 radical (unpaired) electrons. The van der Waals surface area contributed by atoms with E-state index in [0.717, 1.165) is 42.6 Å². The van der Waals surface area contributed by atoms with Gasteiger partial charge in [0.2, 0.25) is 0 Å². The van der Waals surface area contributed by atoms with Crippen LogP contribution in [0.4, 0.5) is 5.69 Å². The van der Waals surface area contributed by atoms with E-state index in [1.807, 2.05) is 13.8 Å². The highest BCUT2D eigenvalue weighted by Gasteiger charge is 2.32. The van der Waals surface area contributed by atoms with Gasteiger partial charge in [0.15, 0.2) is 0 Å². The molecular formula is C33H48N2O4. The summed E-state index contributed by atoms with van der Waals surface area (Å²) in [5, 5.41) is 23.1. The summed E-state index contributed by atoms with van der Waals surface area (Å²) in [7, 11) is 0. The van der Waals surface area contributed by atoms with E-state index in [0.29, 0.717) is 18.5 Å². The van der Waals surface area contributed by atoms with Gasteiger partial charge in [-0.2, -0.15) is 0 Å². The lowest BCUT2D eigenvalue weighted by molar-refractivity contribution is 0.0694. The molecule has 0 atom stereocenters. The molecule has 0 aromatic heterocycles. The van der Waals surface area contributed by atoms with E-state index in [1.165, 1.54) is 62.3 Å². The first-order valence-corrected chi connectivity index (χ1v) is 14.8. The lowest BCUT2D eigenvalue weighted by Crippen LogP contribution is -2.36. The van der Waals surface area contributed by atoms with Crippen LogP contribution < -0.4 is 10.2 Å². The van der Waals surface area contributed by atoms with Crippen molar-refractivity contribution in [2.45, 2.75) is 98.8 Å². The number of unbranched alkanes of at least 4 members (excludes halogenated alkanes) is 7. The van der Waals surface area contributed by atoms with Crippen LogP contribution in [0.5, 0.6) is 5.75 Å². The molecule has 1 amide bonds. The van der Waals surface area contributed by atoms with Crippen molar-refractivity contribution in [3.8, 4) is 5.75 Å². The van der Waals surface area contributed by atoms with Crippen molar-refractivity contribution in [1.29, 1.82) is 0 Å². The summed E-state index contributed by atoms with van der Waals surface area (Å²) in [5.41, 5.74) is 5.56. The van der Waals surface area contributed by atoms with Gasteiger partial charge in [-0.15, -0.1) is 0 Å². The van der Waals surface area contributed by atoms with E-state index >= 15 is 0 Å². The number of carboxylic acid groups (broad SMARTS) is 1. The van der Waals surface area contributed by atoms with E-state index in [9.17, 15) is 19.8 Å². The maximum atomic E-state index is 12.7. The molecule has 0 aliphatic carbocycles. The minimum Gasteiger partial charge on any atom is -0.507 e. The molecule has 1 heterocycles. The Bertz CT molecular complexity index is 1150. The van der Waals surface area contributed by atoms with Crippen LogP contribution in [0, 0.1) is 19.3 Å². The first-order valence-electron chi connectivity index (χ1n) is 14.8. The summed E-state index contributed by atoms with van der Waals surface area (Å²) in [5.74, 6) is -1.22. The van der Waals surface area contributed by atoms with Gasteiger partial charge in [0.25, 0.3) is 5.91 Å². The number of hydrogen-bond donors (Lipinski definition) is 3. The third-order valence-electron chi connectivity index (χ3n) is 8.20. The Kier molecular flexibility index (Phi) is 10.8. The van der Waals surface area contributed by atoms with E-state index in [-0.39, 0.29) is 22.6 Å². The first kappa shape index (κ1) is 30.5. The van der Waals surface area contributed by atoms with Crippen LogP contribution in [0.15, 0.2) is 24.3 Å². The van der Waals surface area contributed by atoms with Crippen LogP contribution in [0.1, 0.15) is 115 Å². The van der Waals surface area contributed by atoms with Crippen molar-refractivity contribution in [2.75, 3.05) is 24.5 Å². The van der Waals surface area contributed by atoms with Crippen molar-refractivity contribution >= 4 is 17.6 Å². The van der Waals surface area contributed by atoms with E-state index < -0.39 is 5.97 Å². The lowest BCUT2D eigenvalue weighted by atomic mass is 9.80. The Balaban J connectivity index is 1.76. The minimum atomic E-state index is -0.874. The summed E-state index contributed by atoms with van der Waals surface area (Å²) < 4.78 is 0.